The van der Waals surface area contributed by atoms with Crippen LogP contribution in [0.15, 0.2) is 78.9 Å². The second-order valence-electron chi connectivity index (χ2n) is 8.76. The van der Waals surface area contributed by atoms with E-state index in [0.717, 1.165) is 49.2 Å². The summed E-state index contributed by atoms with van der Waals surface area (Å²) >= 11 is 1.44. The van der Waals surface area contributed by atoms with Gasteiger partial charge < -0.3 is 11.5 Å². The molecule has 0 aliphatic rings. The van der Waals surface area contributed by atoms with Crippen LogP contribution >= 0.6 is 11.3 Å². The van der Waals surface area contributed by atoms with E-state index in [4.69, 9.17) is 11.5 Å². The van der Waals surface area contributed by atoms with Gasteiger partial charge in [0.2, 0.25) is 0 Å². The van der Waals surface area contributed by atoms with Gasteiger partial charge in [0.25, 0.3) is 0 Å². The summed E-state index contributed by atoms with van der Waals surface area (Å²) in [6.07, 6.45) is 0. The van der Waals surface area contributed by atoms with Gasteiger partial charge in [-0.2, -0.15) is 5.10 Å². The number of fused-ring (bicyclic) bond motifs is 2. The molecule has 0 fully saturated rings. The summed E-state index contributed by atoms with van der Waals surface area (Å²) < 4.78 is 18.6. The van der Waals surface area contributed by atoms with Crippen molar-refractivity contribution in [1.29, 1.82) is 0 Å². The highest BCUT2D eigenvalue weighted by molar-refractivity contribution is 7.22. The number of rotatable bonds is 3. The topological polar surface area (TPSA) is 82.8 Å². The van der Waals surface area contributed by atoms with E-state index in [0.29, 0.717) is 22.8 Å². The second kappa shape index (κ2) is 9.17. The van der Waals surface area contributed by atoms with Gasteiger partial charge in [-0.3, -0.25) is 0 Å². The fraction of sp³-hybridized carbons (Fsp3) is 0.0667. The third-order valence-electron chi connectivity index (χ3n) is 6.31. The van der Waals surface area contributed by atoms with Crippen molar-refractivity contribution in [3.05, 3.63) is 107 Å². The zero-order valence-corrected chi connectivity index (χ0v) is 20.8. The molecular formula is C30H22FN5S. The molecule has 0 amide bonds. The first-order valence-electron chi connectivity index (χ1n) is 11.8. The van der Waals surface area contributed by atoms with Crippen LogP contribution in [-0.2, 0) is 6.54 Å². The molecule has 5 nitrogen and oxygen atoms in total. The van der Waals surface area contributed by atoms with Crippen LogP contribution in [0.3, 0.4) is 0 Å². The van der Waals surface area contributed by atoms with Gasteiger partial charge in [0.15, 0.2) is 10.9 Å². The zero-order valence-electron chi connectivity index (χ0n) is 20.0. The molecule has 0 spiro atoms. The van der Waals surface area contributed by atoms with Crippen LogP contribution in [-0.4, -0.2) is 14.8 Å². The van der Waals surface area contributed by atoms with Crippen LogP contribution in [0.25, 0.3) is 37.9 Å². The second-order valence-corrected chi connectivity index (χ2v) is 9.82. The van der Waals surface area contributed by atoms with Gasteiger partial charge in [-0.25, -0.2) is 14.1 Å². The van der Waals surface area contributed by atoms with Crippen molar-refractivity contribution < 1.29 is 4.39 Å². The summed E-state index contributed by atoms with van der Waals surface area (Å²) in [6.45, 7) is 2.29. The Kier molecular flexibility index (Phi) is 5.68. The number of hydrogen-bond acceptors (Lipinski definition) is 5. The molecule has 6 rings (SSSR count). The monoisotopic (exact) mass is 503 g/mol. The number of nitrogen functional groups attached to an aromatic ring is 1. The number of thiazole rings is 1. The number of aryl methyl sites for hydroxylation is 1. The van der Waals surface area contributed by atoms with E-state index >= 15 is 4.39 Å². The highest BCUT2D eigenvalue weighted by Gasteiger charge is 2.17. The van der Waals surface area contributed by atoms with Crippen LogP contribution in [0, 0.1) is 24.6 Å². The van der Waals surface area contributed by atoms with Crippen LogP contribution < -0.4 is 11.5 Å². The quantitative estimate of drug-likeness (QED) is 0.282. The third kappa shape index (κ3) is 4.23. The average molecular weight is 504 g/mol. The number of hydrogen-bond donors (Lipinski definition) is 2. The van der Waals surface area contributed by atoms with Crippen molar-refractivity contribution in [3.63, 3.8) is 0 Å². The molecule has 0 unspecified atom stereocenters. The Bertz CT molecular complexity index is 1860. The summed E-state index contributed by atoms with van der Waals surface area (Å²) in [7, 11) is 0. The lowest BCUT2D eigenvalue weighted by molar-refractivity contribution is 0.635. The largest absolute Gasteiger partial charge is 0.375 e. The molecule has 6 aromatic rings. The standard InChI is InChI=1S/C30H22FN5S/c1-18-24-12-13-25(28(31)29(24)36(35-18)23-4-2-3-21(15-23)17-32)22-10-7-19(8-11-22)5-6-20-9-14-26-27(16-20)37-30(33)34-26/h2-4,7-16H,17,32H2,1H3,(H2,33,34). The highest BCUT2D eigenvalue weighted by Crippen LogP contribution is 2.32. The number of benzene rings is 4. The van der Waals surface area contributed by atoms with Crippen LogP contribution in [0.4, 0.5) is 9.52 Å². The summed E-state index contributed by atoms with van der Waals surface area (Å²) in [5.74, 6) is 6.06. The van der Waals surface area contributed by atoms with Crippen LogP contribution in [0.1, 0.15) is 22.4 Å². The van der Waals surface area contributed by atoms with Crippen LogP contribution in [0.5, 0.6) is 0 Å². The molecule has 0 radical (unpaired) electrons. The van der Waals surface area contributed by atoms with Gasteiger partial charge in [-0.15, -0.1) is 0 Å². The average Bonchev–Trinajstić information content (AvgIpc) is 3.47. The molecule has 37 heavy (non-hydrogen) atoms. The molecular weight excluding hydrogens is 481 g/mol. The molecule has 0 aliphatic heterocycles. The van der Waals surface area contributed by atoms with Gasteiger partial charge in [0.05, 0.1) is 21.6 Å². The lowest BCUT2D eigenvalue weighted by Gasteiger charge is -2.09. The smallest absolute Gasteiger partial charge is 0.181 e. The zero-order chi connectivity index (χ0) is 25.5. The maximum atomic E-state index is 16.0. The number of aromatic nitrogens is 3. The maximum absolute atomic E-state index is 16.0. The van der Waals surface area contributed by atoms with Gasteiger partial charge in [-0.1, -0.05) is 59.6 Å². The van der Waals surface area contributed by atoms with Crippen molar-refractivity contribution in [3.8, 4) is 28.7 Å². The molecule has 4 N–H and O–H groups in total. The Balaban J connectivity index is 1.35. The van der Waals surface area contributed by atoms with E-state index in [1.807, 2.05) is 85.8 Å². The maximum Gasteiger partial charge on any atom is 0.181 e. The van der Waals surface area contributed by atoms with E-state index in [1.54, 1.807) is 4.68 Å². The van der Waals surface area contributed by atoms with Crippen molar-refractivity contribution in [2.75, 3.05) is 5.73 Å². The molecule has 0 atom stereocenters. The minimum absolute atomic E-state index is 0.313. The Morgan fingerprint density at radius 1 is 0.946 bits per heavy atom. The first-order valence-corrected chi connectivity index (χ1v) is 12.6. The molecule has 0 aliphatic carbocycles. The predicted molar refractivity (Wildman–Crippen MR) is 149 cm³/mol. The van der Waals surface area contributed by atoms with Gasteiger partial charge in [-0.05, 0) is 60.5 Å². The third-order valence-corrected chi connectivity index (χ3v) is 7.16. The van der Waals surface area contributed by atoms with Crippen molar-refractivity contribution in [2.24, 2.45) is 5.73 Å². The van der Waals surface area contributed by atoms with Crippen molar-refractivity contribution in [2.45, 2.75) is 13.5 Å². The lowest BCUT2D eigenvalue weighted by atomic mass is 10.0. The molecule has 2 aromatic heterocycles. The normalized spacial score (nSPS) is 11.1. The molecule has 0 saturated carbocycles. The molecule has 0 saturated heterocycles. The van der Waals surface area contributed by atoms with E-state index < -0.39 is 0 Å². The Morgan fingerprint density at radius 2 is 1.73 bits per heavy atom. The first-order chi connectivity index (χ1) is 18.0. The van der Waals surface area contributed by atoms with E-state index in [2.05, 4.69) is 21.9 Å². The fourth-order valence-corrected chi connectivity index (χ4v) is 5.21. The minimum atomic E-state index is -0.313. The number of halogens is 1. The highest BCUT2D eigenvalue weighted by atomic mass is 32.1. The number of nitrogens with zero attached hydrogens (tertiary/aromatic N) is 3. The summed E-state index contributed by atoms with van der Waals surface area (Å²) in [4.78, 5) is 4.28. The van der Waals surface area contributed by atoms with Gasteiger partial charge >= 0.3 is 0 Å². The Hall–Kier alpha value is -4.51. The molecule has 4 aromatic carbocycles. The summed E-state index contributed by atoms with van der Waals surface area (Å²) in [6, 6.07) is 24.9. The summed E-state index contributed by atoms with van der Waals surface area (Å²) in [5, 5.41) is 5.95. The molecule has 180 valence electrons. The molecule has 2 heterocycles. The van der Waals surface area contributed by atoms with E-state index in [1.165, 1.54) is 11.3 Å². The van der Waals surface area contributed by atoms with Gasteiger partial charge in [0, 0.05) is 28.6 Å². The number of nitrogens with two attached hydrogens (primary N) is 2. The van der Waals surface area contributed by atoms with E-state index in [9.17, 15) is 0 Å². The molecule has 7 heteroatoms. The van der Waals surface area contributed by atoms with Crippen molar-refractivity contribution in [1.82, 2.24) is 14.8 Å². The SMILES string of the molecule is Cc1nn(-c2cccc(CN)c2)c2c(F)c(-c3ccc(C#Cc4ccc5nc(N)sc5c4)cc3)ccc12. The molecule has 0 bridgehead atoms. The first kappa shape index (κ1) is 22.9. The number of anilines is 1. The Morgan fingerprint density at radius 3 is 2.54 bits per heavy atom. The van der Waals surface area contributed by atoms with Crippen LogP contribution in [0.2, 0.25) is 0 Å². The van der Waals surface area contributed by atoms with E-state index in [-0.39, 0.29) is 5.82 Å². The fourth-order valence-electron chi connectivity index (χ4n) is 4.44. The summed E-state index contributed by atoms with van der Waals surface area (Å²) in [5.41, 5.74) is 18.5. The Labute approximate surface area is 217 Å². The van der Waals surface area contributed by atoms with Gasteiger partial charge in [0.1, 0.15) is 5.52 Å². The predicted octanol–water partition coefficient (Wildman–Crippen LogP) is 6.19. The lowest BCUT2D eigenvalue weighted by Crippen LogP contribution is -2.02. The van der Waals surface area contributed by atoms with Crippen molar-refractivity contribution >= 4 is 37.6 Å². The minimum Gasteiger partial charge on any atom is -0.375 e.